The number of nitriles is 1. The lowest BCUT2D eigenvalue weighted by atomic mass is 9.93. The highest BCUT2D eigenvalue weighted by molar-refractivity contribution is 6.42. The number of urea groups is 1. The summed E-state index contributed by atoms with van der Waals surface area (Å²) in [7, 11) is 1.83. The first-order valence-electron chi connectivity index (χ1n) is 14.2. The Labute approximate surface area is 251 Å². The van der Waals surface area contributed by atoms with E-state index in [2.05, 4.69) is 16.3 Å². The summed E-state index contributed by atoms with van der Waals surface area (Å²) in [5, 5.41) is 15.1. The van der Waals surface area contributed by atoms with Crippen LogP contribution in [0.3, 0.4) is 0 Å². The van der Waals surface area contributed by atoms with Crippen LogP contribution < -0.4 is 5.32 Å². The molecular formula is C32H35Cl2N5O2. The fraction of sp³-hybridized carbons (Fsp3) is 0.406. The average molecular weight is 593 g/mol. The van der Waals surface area contributed by atoms with Crippen molar-refractivity contribution in [1.29, 1.82) is 5.26 Å². The van der Waals surface area contributed by atoms with Crippen LogP contribution in [0.5, 0.6) is 0 Å². The number of carbonyl (C=O) groups is 2. The van der Waals surface area contributed by atoms with E-state index in [0.29, 0.717) is 33.8 Å². The van der Waals surface area contributed by atoms with Crippen molar-refractivity contribution in [2.45, 2.75) is 37.6 Å². The first-order valence-corrected chi connectivity index (χ1v) is 15.0. The molecule has 3 aromatic rings. The highest BCUT2D eigenvalue weighted by Gasteiger charge is 2.30. The van der Waals surface area contributed by atoms with E-state index in [-0.39, 0.29) is 17.9 Å². The lowest BCUT2D eigenvalue weighted by molar-refractivity contribution is 0.0780. The van der Waals surface area contributed by atoms with Gasteiger partial charge in [-0.05, 0) is 67.4 Å². The molecule has 0 radical (unpaired) electrons. The Morgan fingerprint density at radius 3 is 2.54 bits per heavy atom. The Morgan fingerprint density at radius 2 is 1.83 bits per heavy atom. The maximum Gasteiger partial charge on any atom is 0.317 e. The van der Waals surface area contributed by atoms with E-state index in [1.165, 1.54) is 0 Å². The second-order valence-corrected chi connectivity index (χ2v) is 11.8. The molecule has 0 aromatic heterocycles. The number of hydrogen-bond donors (Lipinski definition) is 1. The molecule has 2 aliphatic heterocycles. The summed E-state index contributed by atoms with van der Waals surface area (Å²) >= 11 is 12.6. The molecule has 9 heteroatoms. The minimum absolute atomic E-state index is 0.0500. The largest absolute Gasteiger partial charge is 0.341 e. The lowest BCUT2D eigenvalue weighted by Crippen LogP contribution is -2.54. The molecule has 0 aliphatic carbocycles. The number of halogens is 2. The maximum atomic E-state index is 13.7. The molecule has 0 unspecified atom stereocenters. The number of rotatable bonds is 8. The number of benzene rings is 3. The van der Waals surface area contributed by atoms with Crippen LogP contribution in [0.1, 0.15) is 53.1 Å². The number of carbonyl (C=O) groups excluding carboxylic acids is 2. The van der Waals surface area contributed by atoms with Crippen molar-refractivity contribution in [3.05, 3.63) is 81.3 Å². The number of likely N-dealkylation sites (tertiary alicyclic amines) is 1. The van der Waals surface area contributed by atoms with E-state index in [4.69, 9.17) is 23.2 Å². The monoisotopic (exact) mass is 591 g/mol. The second-order valence-electron chi connectivity index (χ2n) is 11.0. The quantitative estimate of drug-likeness (QED) is 0.341. The van der Waals surface area contributed by atoms with E-state index in [1.54, 1.807) is 17.0 Å². The number of hydrogen-bond acceptors (Lipinski definition) is 4. The smallest absolute Gasteiger partial charge is 0.317 e. The number of piperidine rings is 1. The van der Waals surface area contributed by atoms with Gasteiger partial charge in [0.1, 0.15) is 0 Å². The van der Waals surface area contributed by atoms with Crippen LogP contribution in [0, 0.1) is 11.3 Å². The van der Waals surface area contributed by atoms with Crippen LogP contribution >= 0.6 is 23.2 Å². The molecule has 2 heterocycles. The summed E-state index contributed by atoms with van der Waals surface area (Å²) in [5.41, 5.74) is 2.18. The van der Waals surface area contributed by atoms with Crippen molar-refractivity contribution in [1.82, 2.24) is 20.0 Å². The van der Waals surface area contributed by atoms with E-state index in [0.717, 1.165) is 74.7 Å². The zero-order chi connectivity index (χ0) is 28.9. The van der Waals surface area contributed by atoms with Crippen molar-refractivity contribution in [2.75, 3.05) is 46.3 Å². The summed E-state index contributed by atoms with van der Waals surface area (Å²) in [6.45, 7) is 4.87. The van der Waals surface area contributed by atoms with Gasteiger partial charge in [0.2, 0.25) is 0 Å². The Bertz CT molecular complexity index is 1460. The van der Waals surface area contributed by atoms with Gasteiger partial charge in [-0.15, -0.1) is 0 Å². The SMILES string of the molecule is CN(C[C@@H](CCN1CCC(N2CCCNC2=O)CC1)c1ccc(Cl)c(Cl)c1)C(=O)c1ccc(C#N)c2ccccc12. The highest BCUT2D eigenvalue weighted by atomic mass is 35.5. The van der Waals surface area contributed by atoms with Gasteiger partial charge in [-0.3, -0.25) is 4.79 Å². The van der Waals surface area contributed by atoms with Crippen LogP contribution in [0.2, 0.25) is 10.0 Å². The summed E-state index contributed by atoms with van der Waals surface area (Å²) in [6.07, 6.45) is 3.78. The second kappa shape index (κ2) is 13.1. The van der Waals surface area contributed by atoms with Crippen LogP contribution in [-0.4, -0.2) is 79.0 Å². The molecule has 1 atom stereocenters. The maximum absolute atomic E-state index is 13.7. The van der Waals surface area contributed by atoms with E-state index >= 15 is 0 Å². The molecule has 3 aromatic carbocycles. The minimum atomic E-state index is -0.0867. The van der Waals surface area contributed by atoms with Crippen molar-refractivity contribution < 1.29 is 9.59 Å². The third kappa shape index (κ3) is 6.62. The Kier molecular flexibility index (Phi) is 9.34. The Morgan fingerprint density at radius 1 is 1.07 bits per heavy atom. The zero-order valence-electron chi connectivity index (χ0n) is 23.3. The highest BCUT2D eigenvalue weighted by Crippen LogP contribution is 2.31. The van der Waals surface area contributed by atoms with Gasteiger partial charge in [-0.25, -0.2) is 4.79 Å². The van der Waals surface area contributed by atoms with Gasteiger partial charge in [0, 0.05) is 62.7 Å². The number of nitrogens with one attached hydrogen (secondary N) is 1. The molecule has 1 N–H and O–H groups in total. The molecule has 7 nitrogen and oxygen atoms in total. The number of likely N-dealkylation sites (N-methyl/N-ethyl adjacent to an activating group) is 1. The van der Waals surface area contributed by atoms with Crippen LogP contribution in [0.15, 0.2) is 54.6 Å². The van der Waals surface area contributed by atoms with Gasteiger partial charge >= 0.3 is 6.03 Å². The summed E-state index contributed by atoms with van der Waals surface area (Å²) in [5.74, 6) is -0.0367. The number of fused-ring (bicyclic) bond motifs is 1. The fourth-order valence-corrected chi connectivity index (χ4v) is 6.43. The van der Waals surface area contributed by atoms with Gasteiger partial charge in [0.15, 0.2) is 0 Å². The van der Waals surface area contributed by atoms with Crippen LogP contribution in [-0.2, 0) is 0 Å². The Hall–Kier alpha value is -3.31. The summed E-state index contributed by atoms with van der Waals surface area (Å²) in [4.78, 5) is 32.2. The van der Waals surface area contributed by atoms with Crippen molar-refractivity contribution in [3.63, 3.8) is 0 Å². The molecule has 5 rings (SSSR count). The normalized spacial score (nSPS) is 17.2. The van der Waals surface area contributed by atoms with Gasteiger partial charge in [-0.2, -0.15) is 5.26 Å². The van der Waals surface area contributed by atoms with E-state index < -0.39 is 0 Å². The molecule has 41 heavy (non-hydrogen) atoms. The average Bonchev–Trinajstić information content (AvgIpc) is 3.00. The van der Waals surface area contributed by atoms with Gasteiger partial charge in [0.25, 0.3) is 5.91 Å². The molecule has 214 valence electrons. The van der Waals surface area contributed by atoms with E-state index in [9.17, 15) is 14.9 Å². The molecule has 3 amide bonds. The molecule has 2 fully saturated rings. The topological polar surface area (TPSA) is 79.7 Å². The number of amides is 3. The van der Waals surface area contributed by atoms with Crippen molar-refractivity contribution in [3.8, 4) is 6.07 Å². The third-order valence-electron chi connectivity index (χ3n) is 8.44. The lowest BCUT2D eigenvalue weighted by Gasteiger charge is -2.40. The predicted molar refractivity (Wildman–Crippen MR) is 164 cm³/mol. The first-order chi connectivity index (χ1) is 19.9. The molecule has 0 saturated carbocycles. The van der Waals surface area contributed by atoms with Crippen molar-refractivity contribution in [2.24, 2.45) is 0 Å². The fourth-order valence-electron chi connectivity index (χ4n) is 6.12. The summed E-state index contributed by atoms with van der Waals surface area (Å²) < 4.78 is 0. The zero-order valence-corrected chi connectivity index (χ0v) is 24.8. The van der Waals surface area contributed by atoms with Crippen molar-refractivity contribution >= 4 is 45.9 Å². The number of nitrogens with zero attached hydrogens (tertiary/aromatic N) is 4. The predicted octanol–water partition coefficient (Wildman–Crippen LogP) is 6.14. The molecule has 2 aliphatic rings. The Balaban J connectivity index is 1.28. The minimum Gasteiger partial charge on any atom is -0.341 e. The summed E-state index contributed by atoms with van der Waals surface area (Å²) in [6, 6.07) is 19.3. The molecular weight excluding hydrogens is 557 g/mol. The molecule has 0 bridgehead atoms. The van der Waals surface area contributed by atoms with Crippen LogP contribution in [0.25, 0.3) is 10.8 Å². The first kappa shape index (κ1) is 29.2. The molecule has 0 spiro atoms. The third-order valence-corrected chi connectivity index (χ3v) is 9.17. The van der Waals surface area contributed by atoms with E-state index in [1.807, 2.05) is 54.4 Å². The van der Waals surface area contributed by atoms with Gasteiger partial charge < -0.3 is 20.0 Å². The van der Waals surface area contributed by atoms with Gasteiger partial charge in [0.05, 0.1) is 21.7 Å². The molecule has 2 saturated heterocycles. The van der Waals surface area contributed by atoms with Crippen LogP contribution in [0.4, 0.5) is 4.79 Å². The standard InChI is InChI=1S/C32H35Cl2N5O2/c1-37(31(40)28-9-7-23(20-35)26-5-2-3-6-27(26)28)21-24(22-8-10-29(33)30(34)19-22)11-16-38-17-12-25(13-18-38)39-15-4-14-36-32(39)41/h2-3,5-10,19,24-25H,4,11-18,21H2,1H3,(H,36,41)/t24-/m1/s1. The van der Waals surface area contributed by atoms with Gasteiger partial charge in [-0.1, -0.05) is 53.5 Å².